The van der Waals surface area contributed by atoms with Crippen LogP contribution in [0.2, 0.25) is 0 Å². The van der Waals surface area contributed by atoms with Gasteiger partial charge in [-0.25, -0.2) is 14.4 Å². The Balaban J connectivity index is 1.37. The summed E-state index contributed by atoms with van der Waals surface area (Å²) >= 11 is 0. The largest absolute Gasteiger partial charge is 0.348 e. The number of likely N-dealkylation sites (tertiary alicyclic amines) is 1. The molecule has 1 aliphatic heterocycles. The molecule has 3 amide bonds. The van der Waals surface area contributed by atoms with E-state index in [9.17, 15) is 18.8 Å². The predicted octanol–water partition coefficient (Wildman–Crippen LogP) is 3.21. The first-order valence-electron chi connectivity index (χ1n) is 11.0. The predicted molar refractivity (Wildman–Crippen MR) is 124 cm³/mol. The van der Waals surface area contributed by atoms with Crippen LogP contribution >= 0.6 is 0 Å². The number of piperidine rings is 1. The molecule has 4 rings (SSSR count). The van der Waals surface area contributed by atoms with E-state index in [2.05, 4.69) is 20.6 Å². The number of rotatable bonds is 5. The molecule has 1 aliphatic rings. The number of amides is 3. The fourth-order valence-electron chi connectivity index (χ4n) is 3.88. The number of aromatic nitrogens is 2. The highest BCUT2D eigenvalue weighted by molar-refractivity contribution is 6.08. The lowest BCUT2D eigenvalue weighted by Crippen LogP contribution is -2.46. The maximum Gasteiger partial charge on any atom is 0.273 e. The van der Waals surface area contributed by atoms with Crippen LogP contribution in [-0.4, -0.2) is 51.7 Å². The van der Waals surface area contributed by atoms with Crippen molar-refractivity contribution in [2.75, 3.05) is 18.4 Å². The summed E-state index contributed by atoms with van der Waals surface area (Å²) in [6.07, 6.45) is 3.87. The molecule has 9 heteroatoms. The number of carbonyl (C=O) groups is 3. The van der Waals surface area contributed by atoms with Crippen molar-refractivity contribution in [1.82, 2.24) is 20.2 Å². The minimum atomic E-state index is -0.456. The van der Waals surface area contributed by atoms with E-state index in [1.807, 2.05) is 19.1 Å². The third-order valence-electron chi connectivity index (χ3n) is 5.72. The quantitative estimate of drug-likeness (QED) is 0.607. The van der Waals surface area contributed by atoms with Gasteiger partial charge in [0.15, 0.2) is 11.5 Å². The van der Waals surface area contributed by atoms with Crippen molar-refractivity contribution >= 4 is 23.5 Å². The highest BCUT2D eigenvalue weighted by Crippen LogP contribution is 2.17. The molecule has 34 heavy (non-hydrogen) atoms. The maximum absolute atomic E-state index is 13.4. The van der Waals surface area contributed by atoms with Crippen molar-refractivity contribution in [2.45, 2.75) is 25.8 Å². The lowest BCUT2D eigenvalue weighted by Gasteiger charge is -2.32. The SMILES string of the molecule is Cc1ccccc1C(=O)Nc1nccnc1C(=O)NC1CCN(C(=O)c2cccc(F)c2)CC1. The maximum atomic E-state index is 13.4. The number of hydrogen-bond acceptors (Lipinski definition) is 5. The standard InChI is InChI=1S/C25H24FN5O3/c1-16-5-2-3-8-20(16)23(32)30-22-21(27-11-12-28-22)24(33)29-19-9-13-31(14-10-19)25(34)17-6-4-7-18(26)15-17/h2-8,11-12,15,19H,9-10,13-14H2,1H3,(H,29,33)(H,28,30,32). The van der Waals surface area contributed by atoms with Gasteiger partial charge in [-0.05, 0) is 49.6 Å². The minimum Gasteiger partial charge on any atom is -0.348 e. The molecule has 0 atom stereocenters. The number of nitrogens with zero attached hydrogens (tertiary/aromatic N) is 3. The summed E-state index contributed by atoms with van der Waals surface area (Å²) < 4.78 is 13.4. The van der Waals surface area contributed by atoms with E-state index >= 15 is 0 Å². The number of benzene rings is 2. The second-order valence-electron chi connectivity index (χ2n) is 8.07. The van der Waals surface area contributed by atoms with E-state index in [-0.39, 0.29) is 29.4 Å². The molecule has 0 unspecified atom stereocenters. The second-order valence-corrected chi connectivity index (χ2v) is 8.07. The molecule has 174 valence electrons. The Bertz CT molecular complexity index is 1220. The molecule has 1 fully saturated rings. The van der Waals surface area contributed by atoms with Crippen molar-refractivity contribution in [3.63, 3.8) is 0 Å². The van der Waals surface area contributed by atoms with Gasteiger partial charge in [0, 0.05) is 42.7 Å². The van der Waals surface area contributed by atoms with Crippen molar-refractivity contribution < 1.29 is 18.8 Å². The molecule has 2 N–H and O–H groups in total. The van der Waals surface area contributed by atoms with Gasteiger partial charge in [-0.15, -0.1) is 0 Å². The van der Waals surface area contributed by atoms with Crippen molar-refractivity contribution in [3.05, 3.63) is 89.1 Å². The van der Waals surface area contributed by atoms with E-state index in [0.29, 0.717) is 37.1 Å². The number of nitrogens with one attached hydrogen (secondary N) is 2. The second kappa shape index (κ2) is 10.2. The van der Waals surface area contributed by atoms with Crippen LogP contribution in [0.5, 0.6) is 0 Å². The van der Waals surface area contributed by atoms with Gasteiger partial charge >= 0.3 is 0 Å². The fraction of sp³-hybridized carbons (Fsp3) is 0.240. The Kier molecular flexibility index (Phi) is 6.91. The number of halogens is 1. The van der Waals surface area contributed by atoms with Gasteiger partial charge in [0.25, 0.3) is 17.7 Å². The van der Waals surface area contributed by atoms with E-state index in [1.165, 1.54) is 30.6 Å². The van der Waals surface area contributed by atoms with Crippen LogP contribution in [0.25, 0.3) is 0 Å². The molecule has 0 aliphatic carbocycles. The smallest absolute Gasteiger partial charge is 0.273 e. The number of aryl methyl sites for hydroxylation is 1. The van der Waals surface area contributed by atoms with Crippen LogP contribution in [-0.2, 0) is 0 Å². The van der Waals surface area contributed by atoms with Gasteiger partial charge in [-0.3, -0.25) is 14.4 Å². The summed E-state index contributed by atoms with van der Waals surface area (Å²) in [4.78, 5) is 48.1. The minimum absolute atomic E-state index is 0.0164. The molecule has 1 saturated heterocycles. The monoisotopic (exact) mass is 461 g/mol. The lowest BCUT2D eigenvalue weighted by atomic mass is 10.0. The van der Waals surface area contributed by atoms with E-state index in [0.717, 1.165) is 5.56 Å². The molecule has 2 heterocycles. The van der Waals surface area contributed by atoms with Crippen molar-refractivity contribution in [3.8, 4) is 0 Å². The molecule has 2 aromatic carbocycles. The molecule has 0 spiro atoms. The van der Waals surface area contributed by atoms with E-state index in [1.54, 1.807) is 23.1 Å². The van der Waals surface area contributed by atoms with Gasteiger partial charge in [0.1, 0.15) is 5.82 Å². The summed E-state index contributed by atoms with van der Waals surface area (Å²) in [6, 6.07) is 12.5. The molecule has 3 aromatic rings. The number of anilines is 1. The first-order chi connectivity index (χ1) is 16.4. The molecule has 0 radical (unpaired) electrons. The normalized spacial score (nSPS) is 13.9. The molecular formula is C25H24FN5O3. The highest BCUT2D eigenvalue weighted by atomic mass is 19.1. The highest BCUT2D eigenvalue weighted by Gasteiger charge is 2.26. The molecule has 8 nitrogen and oxygen atoms in total. The van der Waals surface area contributed by atoms with Gasteiger partial charge in [-0.2, -0.15) is 0 Å². The first kappa shape index (κ1) is 23.0. The average Bonchev–Trinajstić information content (AvgIpc) is 2.84. The van der Waals surface area contributed by atoms with Gasteiger partial charge in [-0.1, -0.05) is 24.3 Å². The van der Waals surface area contributed by atoms with Gasteiger partial charge in [0.05, 0.1) is 0 Å². The average molecular weight is 461 g/mol. The Morgan fingerprint density at radius 2 is 1.71 bits per heavy atom. The number of carbonyl (C=O) groups excluding carboxylic acids is 3. The molecule has 0 saturated carbocycles. The zero-order chi connectivity index (χ0) is 24.1. The van der Waals surface area contributed by atoms with Crippen molar-refractivity contribution in [1.29, 1.82) is 0 Å². The van der Waals surface area contributed by atoms with Gasteiger partial charge in [0.2, 0.25) is 0 Å². The number of hydrogen-bond donors (Lipinski definition) is 2. The summed E-state index contributed by atoms with van der Waals surface area (Å²) in [5, 5.41) is 5.59. The summed E-state index contributed by atoms with van der Waals surface area (Å²) in [5.41, 5.74) is 1.60. The zero-order valence-electron chi connectivity index (χ0n) is 18.6. The Morgan fingerprint density at radius 3 is 2.44 bits per heavy atom. The van der Waals surface area contributed by atoms with Crippen LogP contribution in [0.3, 0.4) is 0 Å². The molecular weight excluding hydrogens is 437 g/mol. The Labute approximate surface area is 196 Å². The van der Waals surface area contributed by atoms with Crippen LogP contribution in [0.1, 0.15) is 49.6 Å². The lowest BCUT2D eigenvalue weighted by molar-refractivity contribution is 0.0697. The Morgan fingerprint density at radius 1 is 0.971 bits per heavy atom. The van der Waals surface area contributed by atoms with E-state index < -0.39 is 11.7 Å². The van der Waals surface area contributed by atoms with Crippen molar-refractivity contribution in [2.24, 2.45) is 0 Å². The zero-order valence-corrected chi connectivity index (χ0v) is 18.6. The molecule has 0 bridgehead atoms. The van der Waals surface area contributed by atoms with Crippen LogP contribution in [0.4, 0.5) is 10.2 Å². The third kappa shape index (κ3) is 5.25. The summed E-state index contributed by atoms with van der Waals surface area (Å²) in [7, 11) is 0. The Hall–Kier alpha value is -4.14. The van der Waals surface area contributed by atoms with E-state index in [4.69, 9.17) is 0 Å². The summed E-state index contributed by atoms with van der Waals surface area (Å²) in [6.45, 7) is 2.68. The third-order valence-corrected chi connectivity index (χ3v) is 5.72. The molecule has 1 aromatic heterocycles. The van der Waals surface area contributed by atoms with Crippen LogP contribution < -0.4 is 10.6 Å². The first-order valence-corrected chi connectivity index (χ1v) is 11.0. The van der Waals surface area contributed by atoms with Gasteiger partial charge < -0.3 is 15.5 Å². The fourth-order valence-corrected chi connectivity index (χ4v) is 3.88. The summed E-state index contributed by atoms with van der Waals surface area (Å²) in [5.74, 6) is -1.45. The topological polar surface area (TPSA) is 104 Å². The van der Waals surface area contributed by atoms with Crippen LogP contribution in [0.15, 0.2) is 60.9 Å². The van der Waals surface area contributed by atoms with Crippen LogP contribution in [0, 0.1) is 12.7 Å².